The molecule has 1 unspecified atom stereocenters. The molecule has 1 amide bonds. The van der Waals surface area contributed by atoms with Crippen LogP contribution in [0.25, 0.3) is 0 Å². The van der Waals surface area contributed by atoms with E-state index in [1.165, 1.54) is 18.3 Å². The highest BCUT2D eigenvalue weighted by molar-refractivity contribution is 5.94. The number of aromatic nitrogens is 1. The molecule has 1 aliphatic rings. The number of nitrogens with zero attached hydrogens (tertiary/aromatic N) is 3. The fourth-order valence-electron chi connectivity index (χ4n) is 2.69. The van der Waals surface area contributed by atoms with E-state index in [2.05, 4.69) is 10.3 Å². The maximum atomic E-state index is 12.3. The molecular weight excluding hydrogens is 296 g/mol. The second-order valence-electron chi connectivity index (χ2n) is 5.32. The minimum Gasteiger partial charge on any atom is -0.336 e. The summed E-state index contributed by atoms with van der Waals surface area (Å²) in [5.74, 6) is 0.350. The molecule has 7 nitrogen and oxygen atoms in total. The summed E-state index contributed by atoms with van der Waals surface area (Å²) in [5, 5.41) is 13.9. The number of carbonyl (C=O) groups is 1. The van der Waals surface area contributed by atoms with E-state index in [0.717, 1.165) is 12.8 Å². The van der Waals surface area contributed by atoms with Crippen LogP contribution in [-0.2, 0) is 0 Å². The van der Waals surface area contributed by atoms with E-state index in [1.807, 2.05) is 23.1 Å². The molecule has 1 saturated heterocycles. The van der Waals surface area contributed by atoms with E-state index in [4.69, 9.17) is 0 Å². The van der Waals surface area contributed by atoms with Gasteiger partial charge in [-0.1, -0.05) is 18.2 Å². The Morgan fingerprint density at radius 3 is 2.83 bits per heavy atom. The molecule has 23 heavy (non-hydrogen) atoms. The van der Waals surface area contributed by atoms with Crippen LogP contribution in [0, 0.1) is 10.1 Å². The van der Waals surface area contributed by atoms with Gasteiger partial charge in [-0.15, -0.1) is 0 Å². The number of benzene rings is 1. The third kappa shape index (κ3) is 3.28. The summed E-state index contributed by atoms with van der Waals surface area (Å²) in [4.78, 5) is 28.8. The number of rotatable bonds is 4. The molecule has 3 rings (SSSR count). The van der Waals surface area contributed by atoms with Gasteiger partial charge in [-0.2, -0.15) is 0 Å². The Balaban J connectivity index is 1.77. The lowest BCUT2D eigenvalue weighted by atomic mass is 10.2. The molecule has 1 aromatic heterocycles. The Morgan fingerprint density at radius 2 is 2.09 bits per heavy atom. The third-order valence-electron chi connectivity index (χ3n) is 3.82. The van der Waals surface area contributed by atoms with Gasteiger partial charge in [0.05, 0.1) is 11.0 Å². The number of anilines is 1. The molecule has 1 aliphatic heterocycles. The monoisotopic (exact) mass is 312 g/mol. The van der Waals surface area contributed by atoms with Gasteiger partial charge in [0.15, 0.2) is 0 Å². The minimum atomic E-state index is -0.446. The van der Waals surface area contributed by atoms with Crippen molar-refractivity contribution in [2.75, 3.05) is 11.4 Å². The second kappa shape index (κ2) is 6.43. The lowest BCUT2D eigenvalue weighted by Crippen LogP contribution is -2.44. The first-order valence-corrected chi connectivity index (χ1v) is 7.38. The lowest BCUT2D eigenvalue weighted by Gasteiger charge is -2.26. The summed E-state index contributed by atoms with van der Waals surface area (Å²) >= 11 is 0. The van der Waals surface area contributed by atoms with E-state index in [9.17, 15) is 14.9 Å². The van der Waals surface area contributed by atoms with E-state index in [0.29, 0.717) is 17.9 Å². The predicted molar refractivity (Wildman–Crippen MR) is 85.2 cm³/mol. The van der Waals surface area contributed by atoms with Crippen molar-refractivity contribution in [1.29, 1.82) is 0 Å². The first-order valence-electron chi connectivity index (χ1n) is 7.38. The maximum absolute atomic E-state index is 12.3. The number of pyridine rings is 1. The van der Waals surface area contributed by atoms with Gasteiger partial charge >= 0.3 is 0 Å². The van der Waals surface area contributed by atoms with Crippen LogP contribution in [0.5, 0.6) is 0 Å². The average Bonchev–Trinajstić information content (AvgIpc) is 3.04. The van der Waals surface area contributed by atoms with Crippen molar-refractivity contribution in [3.05, 3.63) is 64.3 Å². The Morgan fingerprint density at radius 1 is 1.30 bits per heavy atom. The topological polar surface area (TPSA) is 88.4 Å². The highest BCUT2D eigenvalue weighted by Crippen LogP contribution is 2.25. The van der Waals surface area contributed by atoms with Crippen LogP contribution in [-0.4, -0.2) is 28.5 Å². The van der Waals surface area contributed by atoms with Crippen LogP contribution in [0.1, 0.15) is 23.2 Å². The number of amides is 1. The molecule has 2 aromatic rings. The van der Waals surface area contributed by atoms with E-state index >= 15 is 0 Å². The largest absolute Gasteiger partial charge is 0.336 e. The predicted octanol–water partition coefficient (Wildman–Crippen LogP) is 2.35. The Bertz CT molecular complexity index is 720. The summed E-state index contributed by atoms with van der Waals surface area (Å²) in [6.45, 7) is 0.702. The molecule has 1 aromatic carbocycles. The Kier molecular flexibility index (Phi) is 4.18. The minimum absolute atomic E-state index is 0.00460. The van der Waals surface area contributed by atoms with Crippen molar-refractivity contribution in [2.24, 2.45) is 0 Å². The van der Waals surface area contributed by atoms with E-state index in [1.54, 1.807) is 12.1 Å². The summed E-state index contributed by atoms with van der Waals surface area (Å²) < 4.78 is 0. The van der Waals surface area contributed by atoms with E-state index in [-0.39, 0.29) is 17.8 Å². The molecule has 0 spiro atoms. The molecule has 7 heteroatoms. The van der Waals surface area contributed by atoms with Crippen molar-refractivity contribution < 1.29 is 9.72 Å². The smallest absolute Gasteiger partial charge is 0.274 e. The normalized spacial score (nSPS) is 17.0. The van der Waals surface area contributed by atoms with Crippen LogP contribution in [0.15, 0.2) is 48.7 Å². The lowest BCUT2D eigenvalue weighted by molar-refractivity contribution is -0.384. The van der Waals surface area contributed by atoms with Crippen LogP contribution in [0.2, 0.25) is 0 Å². The fourth-order valence-corrected chi connectivity index (χ4v) is 2.69. The van der Waals surface area contributed by atoms with Crippen molar-refractivity contribution in [3.8, 4) is 0 Å². The number of nitro groups is 1. The molecule has 0 aliphatic carbocycles. The summed E-state index contributed by atoms with van der Waals surface area (Å²) in [6, 6.07) is 11.8. The van der Waals surface area contributed by atoms with Gasteiger partial charge in [0.2, 0.25) is 0 Å². The molecule has 0 radical (unpaired) electrons. The first kappa shape index (κ1) is 15.0. The second-order valence-corrected chi connectivity index (χ2v) is 5.32. The van der Waals surface area contributed by atoms with Gasteiger partial charge in [0, 0.05) is 24.4 Å². The van der Waals surface area contributed by atoms with Crippen molar-refractivity contribution in [3.63, 3.8) is 0 Å². The molecule has 1 N–H and O–H groups in total. The quantitative estimate of drug-likeness (QED) is 0.691. The van der Waals surface area contributed by atoms with Gasteiger partial charge < -0.3 is 10.2 Å². The molecule has 1 fully saturated rings. The zero-order valence-electron chi connectivity index (χ0n) is 12.4. The highest BCUT2D eigenvalue weighted by atomic mass is 16.6. The van der Waals surface area contributed by atoms with E-state index < -0.39 is 4.92 Å². The van der Waals surface area contributed by atoms with Crippen molar-refractivity contribution in [1.82, 2.24) is 10.3 Å². The molecule has 0 bridgehead atoms. The Hall–Kier alpha value is -2.96. The molecule has 1 atom stereocenters. The summed E-state index contributed by atoms with van der Waals surface area (Å²) in [7, 11) is 0. The van der Waals surface area contributed by atoms with Gasteiger partial charge in [-0.25, -0.2) is 4.98 Å². The van der Waals surface area contributed by atoms with Gasteiger partial charge in [0.25, 0.3) is 11.6 Å². The molecule has 0 saturated carbocycles. The van der Waals surface area contributed by atoms with Gasteiger partial charge in [-0.05, 0) is 25.0 Å². The van der Waals surface area contributed by atoms with Crippen LogP contribution >= 0.6 is 0 Å². The van der Waals surface area contributed by atoms with Crippen LogP contribution in [0.3, 0.4) is 0 Å². The summed E-state index contributed by atoms with van der Waals surface area (Å²) in [6.07, 6.45) is 2.88. The zero-order chi connectivity index (χ0) is 16.2. The standard InChI is InChI=1S/C16H16N4O3/c21-16(12-5-2-1-3-6-12)18-14-7-4-10-19(14)15-11-13(20(22)23)8-9-17-15/h1-3,5-6,8-9,11,14H,4,7,10H2,(H,18,21). The molecule has 2 heterocycles. The zero-order valence-corrected chi connectivity index (χ0v) is 12.4. The number of carbonyl (C=O) groups excluding carboxylic acids is 1. The first-order chi connectivity index (χ1) is 11.1. The number of hydrogen-bond donors (Lipinski definition) is 1. The Labute approximate surface area is 133 Å². The fraction of sp³-hybridized carbons (Fsp3) is 0.250. The van der Waals surface area contributed by atoms with Crippen molar-refractivity contribution in [2.45, 2.75) is 19.0 Å². The average molecular weight is 312 g/mol. The number of nitrogens with one attached hydrogen (secondary N) is 1. The highest BCUT2D eigenvalue weighted by Gasteiger charge is 2.28. The SMILES string of the molecule is O=C(NC1CCCN1c1cc([N+](=O)[O-])ccn1)c1ccccc1. The van der Waals surface area contributed by atoms with Crippen LogP contribution in [0.4, 0.5) is 11.5 Å². The van der Waals surface area contributed by atoms with Crippen molar-refractivity contribution >= 4 is 17.4 Å². The number of hydrogen-bond acceptors (Lipinski definition) is 5. The molecular formula is C16H16N4O3. The van der Waals surface area contributed by atoms with Gasteiger partial charge in [0.1, 0.15) is 12.0 Å². The molecule has 118 valence electrons. The van der Waals surface area contributed by atoms with Crippen LogP contribution < -0.4 is 10.2 Å². The maximum Gasteiger partial charge on any atom is 0.274 e. The summed E-state index contributed by atoms with van der Waals surface area (Å²) in [5.41, 5.74) is 0.585. The van der Waals surface area contributed by atoms with Gasteiger partial charge in [-0.3, -0.25) is 14.9 Å². The third-order valence-corrected chi connectivity index (χ3v) is 3.82.